The molecule has 0 spiro atoms. The summed E-state index contributed by atoms with van der Waals surface area (Å²) in [6.07, 6.45) is 9.06. The van der Waals surface area contributed by atoms with Crippen LogP contribution in [0.25, 0.3) is 0 Å². The lowest BCUT2D eigenvalue weighted by Crippen LogP contribution is -2.46. The van der Waals surface area contributed by atoms with Crippen molar-refractivity contribution in [3.63, 3.8) is 0 Å². The maximum atomic E-state index is 12.2. The van der Waals surface area contributed by atoms with E-state index in [-0.39, 0.29) is 17.8 Å². The van der Waals surface area contributed by atoms with Crippen LogP contribution in [0.5, 0.6) is 0 Å². The molecule has 1 saturated heterocycles. The quantitative estimate of drug-likeness (QED) is 0.634. The van der Waals surface area contributed by atoms with E-state index in [1.807, 2.05) is 0 Å². The Morgan fingerprint density at radius 1 is 1.10 bits per heavy atom. The van der Waals surface area contributed by atoms with E-state index in [4.69, 9.17) is 4.74 Å². The zero-order chi connectivity index (χ0) is 15.1. The summed E-state index contributed by atoms with van der Waals surface area (Å²) in [7, 11) is 1.43. The maximum absolute atomic E-state index is 12.2. The fraction of sp³-hybridized carbons (Fsp3) is 0.875. The highest BCUT2D eigenvalue weighted by atomic mass is 16.5. The van der Waals surface area contributed by atoms with Crippen LogP contribution in [0.1, 0.15) is 51.4 Å². The molecule has 0 radical (unpaired) electrons. The predicted octanol–water partition coefficient (Wildman–Crippen LogP) is 1.71. The number of carbonyl (C=O) groups is 2. The highest BCUT2D eigenvalue weighted by molar-refractivity contribution is 5.78. The van der Waals surface area contributed by atoms with Crippen LogP contribution in [0, 0.1) is 5.92 Å². The van der Waals surface area contributed by atoms with Crippen LogP contribution in [0.15, 0.2) is 0 Å². The minimum absolute atomic E-state index is 0.0746. The molecule has 2 aliphatic rings. The zero-order valence-corrected chi connectivity index (χ0v) is 13.1. The van der Waals surface area contributed by atoms with Crippen molar-refractivity contribution in [1.82, 2.24) is 10.2 Å². The van der Waals surface area contributed by atoms with Crippen molar-refractivity contribution in [3.8, 4) is 0 Å². The number of carbonyl (C=O) groups excluding carboxylic acids is 2. The molecule has 0 aromatic rings. The number of hydrogen-bond donors (Lipinski definition) is 1. The van der Waals surface area contributed by atoms with Gasteiger partial charge in [-0.05, 0) is 32.2 Å². The molecule has 1 atom stereocenters. The molecule has 1 amide bonds. The number of nitrogens with zero attached hydrogens (tertiary/aromatic N) is 1. The molecule has 2 rings (SSSR count). The van der Waals surface area contributed by atoms with Crippen molar-refractivity contribution in [1.29, 1.82) is 0 Å². The minimum Gasteiger partial charge on any atom is -0.469 e. The molecule has 0 unspecified atom stereocenters. The van der Waals surface area contributed by atoms with E-state index >= 15 is 0 Å². The van der Waals surface area contributed by atoms with Gasteiger partial charge in [0.1, 0.15) is 0 Å². The Bertz CT molecular complexity index is 351. The Kier molecular flexibility index (Phi) is 6.49. The van der Waals surface area contributed by atoms with Gasteiger partial charge in [-0.15, -0.1) is 0 Å². The average Bonchev–Trinajstić information content (AvgIpc) is 2.75. The lowest BCUT2D eigenvalue weighted by molar-refractivity contribution is -0.147. The summed E-state index contributed by atoms with van der Waals surface area (Å²) in [5.41, 5.74) is 0. The smallest absolute Gasteiger partial charge is 0.309 e. The zero-order valence-electron chi connectivity index (χ0n) is 13.1. The summed E-state index contributed by atoms with van der Waals surface area (Å²) >= 11 is 0. The van der Waals surface area contributed by atoms with Gasteiger partial charge in [0.25, 0.3) is 0 Å². The molecule has 0 aromatic heterocycles. The van der Waals surface area contributed by atoms with Crippen molar-refractivity contribution in [3.05, 3.63) is 0 Å². The predicted molar refractivity (Wildman–Crippen MR) is 80.8 cm³/mol. The van der Waals surface area contributed by atoms with Crippen molar-refractivity contribution in [2.45, 2.75) is 57.4 Å². The first-order chi connectivity index (χ1) is 10.2. The normalized spacial score (nSPS) is 25.1. The van der Waals surface area contributed by atoms with Crippen molar-refractivity contribution < 1.29 is 14.3 Å². The largest absolute Gasteiger partial charge is 0.469 e. The number of likely N-dealkylation sites (tertiary alicyclic amines) is 1. The van der Waals surface area contributed by atoms with E-state index in [2.05, 4.69) is 10.2 Å². The number of ether oxygens (including phenoxy) is 1. The number of piperidine rings is 1. The lowest BCUT2D eigenvalue weighted by atomic mass is 9.98. The summed E-state index contributed by atoms with van der Waals surface area (Å²) in [6, 6.07) is 0.348. The summed E-state index contributed by atoms with van der Waals surface area (Å²) in [6.45, 7) is 1.94. The van der Waals surface area contributed by atoms with E-state index in [9.17, 15) is 9.59 Å². The Hall–Kier alpha value is -1.10. The molecule has 1 N–H and O–H groups in total. The molecule has 1 aliphatic heterocycles. The Balaban J connectivity index is 1.75. The van der Waals surface area contributed by atoms with Gasteiger partial charge in [0.2, 0.25) is 5.91 Å². The summed E-state index contributed by atoms with van der Waals surface area (Å²) in [5, 5.41) is 3.17. The van der Waals surface area contributed by atoms with Crippen molar-refractivity contribution >= 4 is 11.9 Å². The summed E-state index contributed by atoms with van der Waals surface area (Å²) < 4.78 is 4.81. The van der Waals surface area contributed by atoms with Crippen molar-refractivity contribution in [2.75, 3.05) is 26.7 Å². The highest BCUT2D eigenvalue weighted by Gasteiger charge is 2.27. The third-order valence-electron chi connectivity index (χ3n) is 4.63. The SMILES string of the molecule is COC(=O)[C@H]1CCCN(CC(=O)NC2CCCCCC2)C1. The first-order valence-electron chi connectivity index (χ1n) is 8.28. The van der Waals surface area contributed by atoms with Crippen LogP contribution in [-0.4, -0.2) is 49.6 Å². The van der Waals surface area contributed by atoms with Crippen LogP contribution < -0.4 is 5.32 Å². The van der Waals surface area contributed by atoms with E-state index in [1.54, 1.807) is 0 Å². The van der Waals surface area contributed by atoms with Gasteiger partial charge in [-0.2, -0.15) is 0 Å². The third kappa shape index (κ3) is 5.30. The van der Waals surface area contributed by atoms with Crippen LogP contribution in [0.4, 0.5) is 0 Å². The number of methoxy groups -OCH3 is 1. The van der Waals surface area contributed by atoms with E-state index < -0.39 is 0 Å². The van der Waals surface area contributed by atoms with E-state index in [0.717, 1.165) is 32.2 Å². The standard InChI is InChI=1S/C16H28N2O3/c1-21-16(20)13-7-6-10-18(11-13)12-15(19)17-14-8-4-2-3-5-9-14/h13-14H,2-12H2,1H3,(H,17,19)/t13-/m0/s1. The molecule has 5 heteroatoms. The molecule has 1 saturated carbocycles. The van der Waals surface area contributed by atoms with Crippen LogP contribution in [0.3, 0.4) is 0 Å². The first-order valence-corrected chi connectivity index (χ1v) is 8.28. The first kappa shape index (κ1) is 16.3. The second kappa shape index (κ2) is 8.37. The van der Waals surface area contributed by atoms with Gasteiger partial charge >= 0.3 is 5.97 Å². The number of nitrogens with one attached hydrogen (secondary N) is 1. The maximum Gasteiger partial charge on any atom is 0.309 e. The number of amides is 1. The third-order valence-corrected chi connectivity index (χ3v) is 4.63. The number of esters is 1. The topological polar surface area (TPSA) is 58.6 Å². The molecule has 1 heterocycles. The van der Waals surface area contributed by atoms with Crippen molar-refractivity contribution in [2.24, 2.45) is 5.92 Å². The molecule has 0 bridgehead atoms. The fourth-order valence-electron chi connectivity index (χ4n) is 3.46. The van der Waals surface area contributed by atoms with Gasteiger partial charge in [-0.25, -0.2) is 0 Å². The monoisotopic (exact) mass is 296 g/mol. The Morgan fingerprint density at radius 3 is 2.48 bits per heavy atom. The number of hydrogen-bond acceptors (Lipinski definition) is 4. The molecular weight excluding hydrogens is 268 g/mol. The molecule has 1 aliphatic carbocycles. The minimum atomic E-state index is -0.149. The van der Waals surface area contributed by atoms with Gasteiger partial charge in [0.15, 0.2) is 0 Å². The molecule has 2 fully saturated rings. The summed E-state index contributed by atoms with van der Waals surface area (Å²) in [4.78, 5) is 25.9. The van der Waals surface area contributed by atoms with E-state index in [0.29, 0.717) is 19.1 Å². The van der Waals surface area contributed by atoms with Gasteiger partial charge in [-0.3, -0.25) is 14.5 Å². The van der Waals surface area contributed by atoms with Crippen LogP contribution in [0.2, 0.25) is 0 Å². The van der Waals surface area contributed by atoms with Crippen LogP contribution >= 0.6 is 0 Å². The van der Waals surface area contributed by atoms with Gasteiger partial charge in [-0.1, -0.05) is 25.7 Å². The molecule has 120 valence electrons. The number of rotatable bonds is 4. The summed E-state index contributed by atoms with van der Waals surface area (Å²) in [5.74, 6) is -0.120. The molecular formula is C16H28N2O3. The molecule has 21 heavy (non-hydrogen) atoms. The van der Waals surface area contributed by atoms with Gasteiger partial charge in [0, 0.05) is 12.6 Å². The van der Waals surface area contributed by atoms with Crippen LogP contribution in [-0.2, 0) is 14.3 Å². The molecule has 5 nitrogen and oxygen atoms in total. The fourth-order valence-corrected chi connectivity index (χ4v) is 3.46. The van der Waals surface area contributed by atoms with Gasteiger partial charge < -0.3 is 10.1 Å². The second-order valence-corrected chi connectivity index (χ2v) is 6.35. The average molecular weight is 296 g/mol. The lowest BCUT2D eigenvalue weighted by Gasteiger charge is -2.31. The second-order valence-electron chi connectivity index (χ2n) is 6.35. The van der Waals surface area contributed by atoms with E-state index in [1.165, 1.54) is 32.8 Å². The highest BCUT2D eigenvalue weighted by Crippen LogP contribution is 2.19. The molecule has 0 aromatic carbocycles. The van der Waals surface area contributed by atoms with Gasteiger partial charge in [0.05, 0.1) is 19.6 Å². The Morgan fingerprint density at radius 2 is 1.81 bits per heavy atom. The Labute approximate surface area is 127 Å².